The molecule has 1 saturated heterocycles. The zero-order chi connectivity index (χ0) is 21.5. The summed E-state index contributed by atoms with van der Waals surface area (Å²) >= 11 is 0. The Hall–Kier alpha value is -3.25. The maximum atomic E-state index is 13.1. The lowest BCUT2D eigenvalue weighted by atomic mass is 10.0. The highest BCUT2D eigenvalue weighted by molar-refractivity contribution is 6.43. The molecule has 9 nitrogen and oxygen atoms in total. The number of dihydropyridines is 1. The monoisotopic (exact) mass is 422 g/mol. The average molecular weight is 422 g/mol. The molecule has 30 heavy (non-hydrogen) atoms. The van der Waals surface area contributed by atoms with E-state index in [0.29, 0.717) is 5.70 Å². The average Bonchev–Trinajstić information content (AvgIpc) is 3.04. The second-order valence-electron chi connectivity index (χ2n) is 7.08. The Kier molecular flexibility index (Phi) is 4.82. The summed E-state index contributed by atoms with van der Waals surface area (Å²) in [6, 6.07) is 3.55. The molecule has 3 aliphatic heterocycles. The van der Waals surface area contributed by atoms with E-state index in [0.717, 1.165) is 0 Å². The maximum absolute atomic E-state index is 13.1. The van der Waals surface area contributed by atoms with Crippen LogP contribution in [0.15, 0.2) is 53.3 Å². The molecule has 1 fully saturated rings. The van der Waals surface area contributed by atoms with Gasteiger partial charge in [-0.25, -0.2) is 14.8 Å². The Labute approximate surface area is 168 Å². The minimum absolute atomic E-state index is 0.0479. The van der Waals surface area contributed by atoms with Crippen LogP contribution >= 0.6 is 0 Å². The Morgan fingerprint density at radius 2 is 2.13 bits per heavy atom. The lowest BCUT2D eigenvalue weighted by Gasteiger charge is -2.52. The Balaban J connectivity index is 1.60. The van der Waals surface area contributed by atoms with Gasteiger partial charge in [0.1, 0.15) is 31.2 Å². The fraction of sp³-hybridized carbons (Fsp3) is 0.333. The minimum Gasteiger partial charge on any atom is -0.632 e. The first-order valence-corrected chi connectivity index (χ1v) is 9.05. The van der Waals surface area contributed by atoms with Crippen molar-refractivity contribution < 1.29 is 27.4 Å². The predicted octanol–water partition coefficient (Wildman–Crippen LogP) is 1.53. The topological polar surface area (TPSA) is 110 Å². The van der Waals surface area contributed by atoms with Crippen LogP contribution in [0.3, 0.4) is 0 Å². The number of hydrogen-bond acceptors (Lipinski definition) is 5. The van der Waals surface area contributed by atoms with Gasteiger partial charge in [0.15, 0.2) is 12.2 Å². The molecule has 1 aromatic rings. The van der Waals surface area contributed by atoms with Crippen molar-refractivity contribution in [3.63, 3.8) is 0 Å². The van der Waals surface area contributed by atoms with Crippen LogP contribution in [0.25, 0.3) is 0 Å². The van der Waals surface area contributed by atoms with E-state index in [2.05, 4.69) is 15.3 Å². The number of aliphatic imine (C=N–C) groups is 1. The summed E-state index contributed by atoms with van der Waals surface area (Å²) in [5.74, 6) is -0.754. The van der Waals surface area contributed by atoms with E-state index in [4.69, 9.17) is 0 Å². The molecular weight excluding hydrogens is 405 g/mol. The van der Waals surface area contributed by atoms with Gasteiger partial charge in [-0.15, -0.1) is 0 Å². The summed E-state index contributed by atoms with van der Waals surface area (Å²) in [7, 11) is 0. The Morgan fingerprint density at radius 1 is 1.33 bits per heavy atom. The van der Waals surface area contributed by atoms with Crippen molar-refractivity contribution in [2.45, 2.75) is 18.4 Å². The molecule has 0 aliphatic carbocycles. The van der Waals surface area contributed by atoms with E-state index >= 15 is 0 Å². The molecule has 3 atom stereocenters. The van der Waals surface area contributed by atoms with Crippen molar-refractivity contribution in [3.05, 3.63) is 53.5 Å². The van der Waals surface area contributed by atoms with Crippen LogP contribution < -0.4 is 10.6 Å². The Bertz CT molecular complexity index is 962. The first-order valence-electron chi connectivity index (χ1n) is 9.05. The third kappa shape index (κ3) is 3.78. The number of nitrogens with one attached hydrogen (secondary N) is 2. The number of hydroxylamine groups is 3. The van der Waals surface area contributed by atoms with Crippen LogP contribution in [0.5, 0.6) is 0 Å². The summed E-state index contributed by atoms with van der Waals surface area (Å²) in [5.41, 5.74) is 0.152. The number of halogens is 3. The van der Waals surface area contributed by atoms with Gasteiger partial charge in [0.05, 0.1) is 5.70 Å². The highest BCUT2D eigenvalue weighted by atomic mass is 19.4. The van der Waals surface area contributed by atoms with Gasteiger partial charge in [-0.3, -0.25) is 15.0 Å². The van der Waals surface area contributed by atoms with Crippen molar-refractivity contribution in [1.82, 2.24) is 15.2 Å². The van der Waals surface area contributed by atoms with Crippen LogP contribution in [-0.2, 0) is 4.79 Å². The van der Waals surface area contributed by atoms with Gasteiger partial charge < -0.3 is 15.2 Å². The number of amides is 3. The highest BCUT2D eigenvalue weighted by Gasteiger charge is 2.51. The Morgan fingerprint density at radius 3 is 2.83 bits per heavy atom. The van der Waals surface area contributed by atoms with E-state index in [1.807, 2.05) is 0 Å². The molecule has 2 N–H and O–H groups in total. The van der Waals surface area contributed by atoms with Crippen LogP contribution in [0, 0.1) is 5.21 Å². The lowest BCUT2D eigenvalue weighted by molar-refractivity contribution is -0.890. The lowest BCUT2D eigenvalue weighted by Crippen LogP contribution is -2.64. The third-order valence-electron chi connectivity index (χ3n) is 5.01. The van der Waals surface area contributed by atoms with Gasteiger partial charge in [-0.2, -0.15) is 13.2 Å². The fourth-order valence-corrected chi connectivity index (χ4v) is 3.66. The summed E-state index contributed by atoms with van der Waals surface area (Å²) in [6.45, 7) is -1.34. The molecule has 158 valence electrons. The van der Waals surface area contributed by atoms with Crippen LogP contribution in [0.4, 0.5) is 23.8 Å². The third-order valence-corrected chi connectivity index (χ3v) is 5.01. The number of carbonyl (C=O) groups excluding carboxylic acids is 2. The number of anilines is 1. The largest absolute Gasteiger partial charge is 0.632 e. The van der Waals surface area contributed by atoms with E-state index in [9.17, 15) is 28.0 Å². The van der Waals surface area contributed by atoms with Crippen molar-refractivity contribution in [2.24, 2.45) is 4.99 Å². The number of quaternary nitrogens is 1. The summed E-state index contributed by atoms with van der Waals surface area (Å²) in [5, 5.41) is 17.5. The standard InChI is InChI=1S/C18H17F3N6O3/c19-18(20,21)10-23-16(28)12-4-5-13-15(24-12)26(11-6-8-27(13,30)9-11)17(29)25-14-3-1-2-7-22-14/h1-7,13,15H,8-10H2,(H,23,28)(H,22,25,29). The number of hydrogen-bond donors (Lipinski definition) is 2. The summed E-state index contributed by atoms with van der Waals surface area (Å²) in [4.78, 5) is 34.5. The number of urea groups is 1. The summed E-state index contributed by atoms with van der Waals surface area (Å²) in [6.07, 6.45) is 0.151. The smallest absolute Gasteiger partial charge is 0.405 e. The van der Waals surface area contributed by atoms with Crippen molar-refractivity contribution in [2.75, 3.05) is 25.0 Å². The zero-order valence-electron chi connectivity index (χ0n) is 15.5. The molecule has 0 radical (unpaired) electrons. The molecule has 3 aliphatic rings. The van der Waals surface area contributed by atoms with Gasteiger partial charge in [-0.05, 0) is 30.4 Å². The fourth-order valence-electron chi connectivity index (χ4n) is 3.66. The van der Waals surface area contributed by atoms with Gasteiger partial charge >= 0.3 is 12.2 Å². The molecule has 3 amide bonds. The van der Waals surface area contributed by atoms with Gasteiger partial charge in [0, 0.05) is 6.20 Å². The zero-order valence-corrected chi connectivity index (χ0v) is 15.5. The molecule has 12 heteroatoms. The van der Waals surface area contributed by atoms with Crippen molar-refractivity contribution in [3.8, 4) is 0 Å². The van der Waals surface area contributed by atoms with Crippen LogP contribution in [-0.4, -0.2) is 70.2 Å². The number of carbonyl (C=O) groups is 2. The van der Waals surface area contributed by atoms with Gasteiger partial charge in [0.25, 0.3) is 5.91 Å². The van der Waals surface area contributed by atoms with E-state index in [1.165, 1.54) is 23.2 Å². The predicted molar refractivity (Wildman–Crippen MR) is 99.8 cm³/mol. The first-order chi connectivity index (χ1) is 14.2. The van der Waals surface area contributed by atoms with Crippen LogP contribution in [0.1, 0.15) is 0 Å². The van der Waals surface area contributed by atoms with E-state index < -0.39 is 41.5 Å². The quantitative estimate of drug-likeness (QED) is 0.569. The second-order valence-corrected chi connectivity index (χ2v) is 7.08. The van der Waals surface area contributed by atoms with E-state index in [1.54, 1.807) is 29.6 Å². The molecule has 0 aromatic carbocycles. The minimum atomic E-state index is -4.57. The molecular formula is C18H17F3N6O3. The molecule has 4 heterocycles. The van der Waals surface area contributed by atoms with E-state index in [-0.39, 0.29) is 24.6 Å². The molecule has 0 spiro atoms. The number of rotatable bonds is 3. The number of fused-ring (bicyclic) bond motifs is 4. The second kappa shape index (κ2) is 7.22. The number of aromatic nitrogens is 1. The first kappa shape index (κ1) is 20.0. The number of nitrogens with zero attached hydrogens (tertiary/aromatic N) is 4. The number of pyridine rings is 1. The highest BCUT2D eigenvalue weighted by Crippen LogP contribution is 2.38. The maximum Gasteiger partial charge on any atom is 0.405 e. The van der Waals surface area contributed by atoms with Gasteiger partial charge in [0.2, 0.25) is 0 Å². The molecule has 0 saturated carbocycles. The van der Waals surface area contributed by atoms with Gasteiger partial charge in [-0.1, -0.05) is 6.07 Å². The molecule has 4 rings (SSSR count). The number of alkyl halides is 3. The normalized spacial score (nSPS) is 27.1. The van der Waals surface area contributed by atoms with Crippen molar-refractivity contribution in [1.29, 1.82) is 0 Å². The molecule has 1 aromatic heterocycles. The van der Waals surface area contributed by atoms with Crippen LogP contribution in [0.2, 0.25) is 0 Å². The SMILES string of the molecule is O=C(NCC(F)(F)F)C1=NC2C(C=C1)[N+]1([O-])CC=C(C1)N2C(=O)Nc1ccccn1. The van der Waals surface area contributed by atoms with Crippen molar-refractivity contribution >= 4 is 23.5 Å². The molecule has 3 unspecified atom stereocenters. The molecule has 2 bridgehead atoms. The number of piperazine rings is 1. The summed E-state index contributed by atoms with van der Waals surface area (Å²) < 4.78 is 36.5.